The van der Waals surface area contributed by atoms with Crippen LogP contribution in [0.15, 0.2) is 0 Å². The van der Waals surface area contributed by atoms with E-state index >= 15 is 0 Å². The Labute approximate surface area is 122 Å². The summed E-state index contributed by atoms with van der Waals surface area (Å²) in [6.07, 6.45) is 1.01. The van der Waals surface area contributed by atoms with Crippen molar-refractivity contribution in [2.24, 2.45) is 0 Å². The predicted octanol–water partition coefficient (Wildman–Crippen LogP) is 3.88. The molecule has 0 spiro atoms. The molecule has 0 rings (SSSR count). The van der Waals surface area contributed by atoms with Gasteiger partial charge in [-0.3, -0.25) is 4.57 Å². The average molecular weight is 341 g/mol. The highest BCUT2D eigenvalue weighted by molar-refractivity contribution is 7.60. The van der Waals surface area contributed by atoms with E-state index in [0.717, 1.165) is 0 Å². The lowest BCUT2D eigenvalue weighted by Gasteiger charge is -2.31. The van der Waals surface area contributed by atoms with Gasteiger partial charge in [-0.25, -0.2) is 0 Å². The van der Waals surface area contributed by atoms with Crippen molar-refractivity contribution in [3.63, 3.8) is 0 Å². The van der Waals surface area contributed by atoms with Crippen LogP contribution < -0.4 is 9.96 Å². The van der Waals surface area contributed by atoms with Gasteiger partial charge in [-0.2, -0.15) is 0 Å². The Morgan fingerprint density at radius 2 is 1.11 bits per heavy atom. The van der Waals surface area contributed by atoms with E-state index in [4.69, 9.17) is 4.21 Å². The normalized spacial score (nSPS) is 14.8. The van der Waals surface area contributed by atoms with Crippen LogP contribution in [0, 0.1) is 0 Å². The Kier molecular flexibility index (Phi) is 6.95. The number of nitrogens with one attached hydrogen (secondary N) is 2. The molecule has 0 fully saturated rings. The van der Waals surface area contributed by atoms with E-state index in [2.05, 4.69) is 68.9 Å². The summed E-state index contributed by atoms with van der Waals surface area (Å²) in [7, 11) is -7.26. The Morgan fingerprint density at radius 1 is 0.789 bits per heavy atom. The van der Waals surface area contributed by atoms with E-state index in [1.165, 1.54) is 0 Å². The Bertz CT molecular complexity index is 310. The van der Waals surface area contributed by atoms with Gasteiger partial charge in [0, 0.05) is 0 Å². The maximum absolute atomic E-state index is 13.1. The zero-order valence-corrected chi connectivity index (χ0v) is 18.1. The van der Waals surface area contributed by atoms with Gasteiger partial charge in [-0.05, 0) is 19.6 Å². The predicted molar refractivity (Wildman–Crippen MR) is 94.7 cm³/mol. The minimum Gasteiger partial charge on any atom is -0.369 e. The Hall–Kier alpha value is 0.761. The van der Waals surface area contributed by atoms with Gasteiger partial charge >= 0.3 is 0 Å². The summed E-state index contributed by atoms with van der Waals surface area (Å²) in [4.78, 5) is 6.94. The van der Waals surface area contributed by atoms with Crippen LogP contribution in [0.25, 0.3) is 0 Å². The molecule has 4 nitrogen and oxygen atoms in total. The van der Waals surface area contributed by atoms with Crippen molar-refractivity contribution in [1.82, 2.24) is 9.96 Å². The van der Waals surface area contributed by atoms with Crippen LogP contribution >= 0.6 is 7.37 Å². The Balaban J connectivity index is 4.78. The molecule has 0 unspecified atom stereocenters. The van der Waals surface area contributed by atoms with Crippen molar-refractivity contribution in [2.45, 2.75) is 58.9 Å². The van der Waals surface area contributed by atoms with Crippen LogP contribution in [0.2, 0.25) is 58.9 Å². The first kappa shape index (κ1) is 19.8. The van der Waals surface area contributed by atoms with E-state index in [9.17, 15) is 4.57 Å². The lowest BCUT2D eigenvalue weighted by molar-refractivity contribution is 0.477. The zero-order chi connectivity index (χ0) is 15.5. The molecule has 19 heavy (non-hydrogen) atoms. The summed E-state index contributed by atoms with van der Waals surface area (Å²) in [6.45, 7) is 19.6. The Morgan fingerprint density at radius 3 is 1.32 bits per heavy atom. The van der Waals surface area contributed by atoms with Crippen LogP contribution in [0.3, 0.4) is 0 Å². The van der Waals surface area contributed by atoms with Crippen LogP contribution in [0.4, 0.5) is 0 Å². The second-order valence-electron chi connectivity index (χ2n) is 8.19. The first-order valence-corrected chi connectivity index (χ1v) is 19.3. The van der Waals surface area contributed by atoms with Crippen LogP contribution in [0.5, 0.6) is 0 Å². The second-order valence-corrected chi connectivity index (χ2v) is 25.1. The second kappa shape index (κ2) is 6.68. The molecule has 0 aliphatic rings. The molecule has 0 heterocycles. The maximum atomic E-state index is 13.1. The molecule has 0 radical (unpaired) electrons. The summed E-state index contributed by atoms with van der Waals surface area (Å²) in [6, 6.07) is 0. The quantitative estimate of drug-likeness (QED) is 0.520. The minimum atomic E-state index is -2.62. The first-order valence-electron chi connectivity index (χ1n) is 6.91. The van der Waals surface area contributed by atoms with Gasteiger partial charge < -0.3 is 14.2 Å². The van der Waals surface area contributed by atoms with E-state index in [0.29, 0.717) is 12.6 Å². The van der Waals surface area contributed by atoms with Gasteiger partial charge in [-0.1, -0.05) is 39.3 Å². The summed E-state index contributed by atoms with van der Waals surface area (Å²) in [5, 5.41) is 0. The van der Waals surface area contributed by atoms with Gasteiger partial charge in [0.05, 0.1) is 12.6 Å². The van der Waals surface area contributed by atoms with Crippen molar-refractivity contribution in [3.8, 4) is 0 Å². The highest BCUT2D eigenvalue weighted by Crippen LogP contribution is 2.47. The summed E-state index contributed by atoms with van der Waals surface area (Å²) in [5.74, 6) is 0. The molecule has 8 heteroatoms. The van der Waals surface area contributed by atoms with Crippen molar-refractivity contribution >= 4 is 32.2 Å². The molecule has 2 N–H and O–H groups in total. The van der Waals surface area contributed by atoms with Crippen LogP contribution in [-0.4, -0.2) is 37.4 Å². The van der Waals surface area contributed by atoms with E-state index in [-0.39, 0.29) is 0 Å². The molecule has 0 atom stereocenters. The number of hydrogen-bond donors (Lipinski definition) is 2. The molecular weight excluding hydrogens is 307 g/mol. The molecule has 0 aromatic carbocycles. The third-order valence-corrected chi connectivity index (χ3v) is 10.0. The lowest BCUT2D eigenvalue weighted by atomic mass is 11.5. The van der Waals surface area contributed by atoms with Gasteiger partial charge in [-0.15, -0.1) is 0 Å². The van der Waals surface area contributed by atoms with E-state index in [1.807, 2.05) is 0 Å². The van der Waals surface area contributed by atoms with Crippen molar-refractivity contribution in [3.05, 3.63) is 0 Å². The molecule has 0 saturated carbocycles. The van der Waals surface area contributed by atoms with Crippen LogP contribution in [0.1, 0.15) is 0 Å². The monoisotopic (exact) mass is 340 g/mol. The molecule has 0 aliphatic heterocycles. The smallest absolute Gasteiger partial charge is 0.219 e. The standard InChI is InChI=1S/C11H33N2O2PSi3/c1-17(2,3)12-10-16(14,15-19(7,8)9)11-13-18(4,5)6/h12-13H,10-11H2,1-9H3. The first-order chi connectivity index (χ1) is 8.12. The fraction of sp³-hybridized carbons (Fsp3) is 1.00. The highest BCUT2D eigenvalue weighted by Gasteiger charge is 2.33. The lowest BCUT2D eigenvalue weighted by Crippen LogP contribution is -2.46. The molecule has 116 valence electrons. The molecule has 0 bridgehead atoms. The van der Waals surface area contributed by atoms with Crippen molar-refractivity contribution < 1.29 is 8.78 Å². The maximum Gasteiger partial charge on any atom is 0.219 e. The van der Waals surface area contributed by atoms with Gasteiger partial charge in [0.2, 0.25) is 7.37 Å². The molecule has 0 aliphatic carbocycles. The van der Waals surface area contributed by atoms with Gasteiger partial charge in [0.25, 0.3) is 0 Å². The number of hydrogen-bond acceptors (Lipinski definition) is 4. The van der Waals surface area contributed by atoms with E-state index in [1.54, 1.807) is 0 Å². The van der Waals surface area contributed by atoms with Crippen LogP contribution in [-0.2, 0) is 8.78 Å². The topological polar surface area (TPSA) is 50.4 Å². The molecular formula is C11H33N2O2PSi3. The minimum absolute atomic E-state index is 0.504. The summed E-state index contributed by atoms with van der Waals surface area (Å²) in [5.41, 5.74) is 0. The number of rotatable bonds is 8. The fourth-order valence-electron chi connectivity index (χ4n) is 1.33. The molecule has 0 aromatic heterocycles. The third kappa shape index (κ3) is 12.2. The molecule has 0 aromatic rings. The fourth-order valence-corrected chi connectivity index (χ4v) is 11.7. The highest BCUT2D eigenvalue weighted by atomic mass is 31.2. The molecule has 0 amide bonds. The zero-order valence-electron chi connectivity index (χ0n) is 14.2. The molecule has 0 saturated heterocycles. The van der Waals surface area contributed by atoms with E-state index < -0.39 is 32.2 Å². The average Bonchev–Trinajstić information content (AvgIpc) is 2.07. The van der Waals surface area contributed by atoms with Crippen molar-refractivity contribution in [2.75, 3.05) is 12.6 Å². The summed E-state index contributed by atoms with van der Waals surface area (Å²) < 4.78 is 19.1. The SMILES string of the molecule is C[Si](C)(C)NCP(=O)(CN[Si](C)(C)C)O[Si](C)(C)C. The van der Waals surface area contributed by atoms with Gasteiger partial charge in [0.15, 0.2) is 8.32 Å². The van der Waals surface area contributed by atoms with Crippen molar-refractivity contribution in [1.29, 1.82) is 0 Å². The summed E-state index contributed by atoms with van der Waals surface area (Å²) >= 11 is 0. The largest absolute Gasteiger partial charge is 0.369 e. The third-order valence-electron chi connectivity index (χ3n) is 2.14. The van der Waals surface area contributed by atoms with Gasteiger partial charge in [0.1, 0.15) is 16.5 Å².